The third-order valence-electron chi connectivity index (χ3n) is 4.78. The maximum Gasteiger partial charge on any atom is 0.141 e. The molecule has 0 radical (unpaired) electrons. The number of hydrogen-bond donors (Lipinski definition) is 1. The van der Waals surface area contributed by atoms with Crippen molar-refractivity contribution in [2.75, 3.05) is 32.8 Å². The second-order valence-electron chi connectivity index (χ2n) is 6.57. The second-order valence-corrected chi connectivity index (χ2v) is 7.72. The van der Waals surface area contributed by atoms with Crippen molar-refractivity contribution in [3.05, 3.63) is 39.6 Å². The van der Waals surface area contributed by atoms with Gasteiger partial charge in [-0.3, -0.25) is 0 Å². The third-order valence-corrected chi connectivity index (χ3v) is 5.74. The SMILES string of the molecule is COc1cc(OC)c(Cl)c(-c2cc3cnc(Cl)cc3c(NC3CCOC3)n2)c1Cl. The molecule has 2 aromatic heterocycles. The molecule has 3 heterocycles. The van der Waals surface area contributed by atoms with Gasteiger partial charge in [-0.05, 0) is 18.6 Å². The topological polar surface area (TPSA) is 65.5 Å². The molecule has 1 aromatic carbocycles. The van der Waals surface area contributed by atoms with Crippen molar-refractivity contribution in [1.82, 2.24) is 9.97 Å². The van der Waals surface area contributed by atoms with Crippen LogP contribution in [0.1, 0.15) is 6.42 Å². The zero-order chi connectivity index (χ0) is 20.5. The highest BCUT2D eigenvalue weighted by Gasteiger charge is 2.23. The molecule has 9 heteroatoms. The molecular formula is C20H18Cl3N3O3. The van der Waals surface area contributed by atoms with Crippen molar-refractivity contribution in [2.45, 2.75) is 12.5 Å². The van der Waals surface area contributed by atoms with Crippen LogP contribution in [0.25, 0.3) is 22.0 Å². The molecule has 0 bridgehead atoms. The fourth-order valence-corrected chi connectivity index (χ4v) is 4.16. The lowest BCUT2D eigenvalue weighted by Gasteiger charge is -2.18. The Bertz CT molecular complexity index is 1040. The number of pyridine rings is 2. The molecule has 0 saturated carbocycles. The van der Waals surface area contributed by atoms with Gasteiger partial charge in [0, 0.05) is 35.2 Å². The van der Waals surface area contributed by atoms with Crippen LogP contribution in [0.2, 0.25) is 15.2 Å². The number of rotatable bonds is 5. The molecule has 152 valence electrons. The Labute approximate surface area is 183 Å². The van der Waals surface area contributed by atoms with Crippen molar-refractivity contribution in [3.8, 4) is 22.8 Å². The van der Waals surface area contributed by atoms with E-state index in [4.69, 9.17) is 54.0 Å². The molecule has 0 spiro atoms. The molecule has 0 aliphatic carbocycles. The lowest BCUT2D eigenvalue weighted by molar-refractivity contribution is 0.195. The van der Waals surface area contributed by atoms with Crippen molar-refractivity contribution < 1.29 is 14.2 Å². The van der Waals surface area contributed by atoms with E-state index >= 15 is 0 Å². The quantitative estimate of drug-likeness (QED) is 0.515. The lowest BCUT2D eigenvalue weighted by Crippen LogP contribution is -2.20. The highest BCUT2D eigenvalue weighted by atomic mass is 35.5. The number of methoxy groups -OCH3 is 2. The summed E-state index contributed by atoms with van der Waals surface area (Å²) in [5, 5.41) is 6.22. The van der Waals surface area contributed by atoms with Crippen LogP contribution >= 0.6 is 34.8 Å². The van der Waals surface area contributed by atoms with Gasteiger partial charge < -0.3 is 19.5 Å². The standard InChI is InChI=1S/C20H18Cl3N3O3/c1-27-14-7-15(28-2)19(23)17(18(14)22)13-5-10-8-24-16(21)6-12(10)20(26-13)25-11-3-4-29-9-11/h5-8,11H,3-4,9H2,1-2H3,(H,25,26). The summed E-state index contributed by atoms with van der Waals surface area (Å²) in [4.78, 5) is 9.01. The highest BCUT2D eigenvalue weighted by molar-refractivity contribution is 6.41. The number of anilines is 1. The van der Waals surface area contributed by atoms with Crippen LogP contribution < -0.4 is 14.8 Å². The predicted molar refractivity (Wildman–Crippen MR) is 116 cm³/mol. The number of fused-ring (bicyclic) bond motifs is 1. The van der Waals surface area contributed by atoms with E-state index in [0.29, 0.717) is 57.0 Å². The first-order valence-corrected chi connectivity index (χ1v) is 10.1. The number of nitrogens with zero attached hydrogens (tertiary/aromatic N) is 2. The predicted octanol–water partition coefficient (Wildman–Crippen LogP) is 5.48. The molecule has 3 aromatic rings. The molecule has 1 aliphatic heterocycles. The van der Waals surface area contributed by atoms with Gasteiger partial charge in [-0.25, -0.2) is 9.97 Å². The maximum atomic E-state index is 6.59. The summed E-state index contributed by atoms with van der Waals surface area (Å²) >= 11 is 19.3. The van der Waals surface area contributed by atoms with E-state index in [0.717, 1.165) is 17.2 Å². The Hall–Kier alpha value is -1.99. The molecule has 1 saturated heterocycles. The number of halogens is 3. The number of ether oxygens (including phenoxy) is 3. The van der Waals surface area contributed by atoms with Crippen molar-refractivity contribution in [3.63, 3.8) is 0 Å². The Balaban J connectivity index is 1.94. The summed E-state index contributed by atoms with van der Waals surface area (Å²) in [5.41, 5.74) is 1.09. The van der Waals surface area contributed by atoms with Crippen molar-refractivity contribution in [1.29, 1.82) is 0 Å². The van der Waals surface area contributed by atoms with Crippen LogP contribution in [0.15, 0.2) is 24.4 Å². The summed E-state index contributed by atoms with van der Waals surface area (Å²) < 4.78 is 16.2. The van der Waals surface area contributed by atoms with Crippen LogP contribution in [0.4, 0.5) is 5.82 Å². The van der Waals surface area contributed by atoms with Crippen molar-refractivity contribution in [2.24, 2.45) is 0 Å². The molecule has 1 fully saturated rings. The van der Waals surface area contributed by atoms with E-state index in [2.05, 4.69) is 10.3 Å². The minimum Gasteiger partial charge on any atom is -0.495 e. The molecule has 1 aliphatic rings. The fourth-order valence-electron chi connectivity index (χ4n) is 3.31. The van der Waals surface area contributed by atoms with Gasteiger partial charge in [0.25, 0.3) is 0 Å². The lowest BCUT2D eigenvalue weighted by atomic mass is 10.1. The summed E-state index contributed by atoms with van der Waals surface area (Å²) in [5.74, 6) is 1.54. The van der Waals surface area contributed by atoms with Gasteiger partial charge in [0.05, 0.1) is 42.6 Å². The van der Waals surface area contributed by atoms with Crippen molar-refractivity contribution >= 4 is 51.4 Å². The summed E-state index contributed by atoms with van der Waals surface area (Å²) in [6.07, 6.45) is 2.58. The van der Waals surface area contributed by atoms with E-state index in [1.54, 1.807) is 18.3 Å². The van der Waals surface area contributed by atoms with Gasteiger partial charge in [0.15, 0.2) is 0 Å². The Morgan fingerprint density at radius 3 is 2.41 bits per heavy atom. The average molecular weight is 455 g/mol. The normalized spacial score (nSPS) is 16.2. The van der Waals surface area contributed by atoms with Crippen LogP contribution in [-0.2, 0) is 4.74 Å². The minimum atomic E-state index is 0.152. The first-order valence-electron chi connectivity index (χ1n) is 8.92. The Morgan fingerprint density at radius 1 is 1.07 bits per heavy atom. The van der Waals surface area contributed by atoms with Gasteiger partial charge in [-0.1, -0.05) is 34.8 Å². The molecule has 1 N–H and O–H groups in total. The molecular weight excluding hydrogens is 437 g/mol. The minimum absolute atomic E-state index is 0.152. The zero-order valence-electron chi connectivity index (χ0n) is 15.8. The summed E-state index contributed by atoms with van der Waals surface area (Å²) in [6.45, 7) is 1.32. The van der Waals surface area contributed by atoms with E-state index in [1.165, 1.54) is 14.2 Å². The van der Waals surface area contributed by atoms with Gasteiger partial charge in [-0.15, -0.1) is 0 Å². The smallest absolute Gasteiger partial charge is 0.141 e. The van der Waals surface area contributed by atoms with Crippen LogP contribution in [0, 0.1) is 0 Å². The number of hydrogen-bond acceptors (Lipinski definition) is 6. The van der Waals surface area contributed by atoms with Crippen LogP contribution in [-0.4, -0.2) is 43.4 Å². The summed E-state index contributed by atoms with van der Waals surface area (Å²) in [7, 11) is 3.07. The van der Waals surface area contributed by atoms with E-state index in [-0.39, 0.29) is 6.04 Å². The molecule has 1 unspecified atom stereocenters. The monoisotopic (exact) mass is 453 g/mol. The third kappa shape index (κ3) is 3.90. The first-order chi connectivity index (χ1) is 14.0. The number of nitrogens with one attached hydrogen (secondary N) is 1. The van der Waals surface area contributed by atoms with Gasteiger partial charge in [-0.2, -0.15) is 0 Å². The van der Waals surface area contributed by atoms with Gasteiger partial charge >= 0.3 is 0 Å². The maximum absolute atomic E-state index is 6.59. The fraction of sp³-hybridized carbons (Fsp3) is 0.300. The molecule has 6 nitrogen and oxygen atoms in total. The van der Waals surface area contributed by atoms with Gasteiger partial charge in [0.2, 0.25) is 0 Å². The number of benzene rings is 1. The Kier molecular flexibility index (Phi) is 5.88. The van der Waals surface area contributed by atoms with Crippen LogP contribution in [0.5, 0.6) is 11.5 Å². The Morgan fingerprint density at radius 2 is 1.79 bits per heavy atom. The average Bonchev–Trinajstić information content (AvgIpc) is 3.22. The molecule has 29 heavy (non-hydrogen) atoms. The number of aromatic nitrogens is 2. The van der Waals surface area contributed by atoms with Gasteiger partial charge in [0.1, 0.15) is 22.5 Å². The summed E-state index contributed by atoms with van der Waals surface area (Å²) in [6, 6.07) is 5.44. The molecule has 4 rings (SSSR count). The zero-order valence-corrected chi connectivity index (χ0v) is 18.0. The molecule has 0 amide bonds. The first kappa shape index (κ1) is 20.3. The van der Waals surface area contributed by atoms with E-state index < -0.39 is 0 Å². The van der Waals surface area contributed by atoms with E-state index in [9.17, 15) is 0 Å². The van der Waals surface area contributed by atoms with Crippen LogP contribution in [0.3, 0.4) is 0 Å². The largest absolute Gasteiger partial charge is 0.495 e. The van der Waals surface area contributed by atoms with E-state index in [1.807, 2.05) is 6.07 Å². The highest BCUT2D eigenvalue weighted by Crippen LogP contribution is 2.46. The molecule has 1 atom stereocenters. The second kappa shape index (κ2) is 8.40.